The van der Waals surface area contributed by atoms with Crippen LogP contribution in [0.1, 0.15) is 51.9 Å². The van der Waals surface area contributed by atoms with E-state index in [0.717, 1.165) is 6.42 Å². The molecular weight excluding hydrogens is 296 g/mol. The molecule has 0 radical (unpaired) electrons. The van der Waals surface area contributed by atoms with Crippen molar-refractivity contribution < 1.29 is 25.2 Å². The molecule has 1 fully saturated rings. The third-order valence-electron chi connectivity index (χ3n) is 4.43. The normalized spacial score (nSPS) is 29.6. The van der Waals surface area contributed by atoms with Gasteiger partial charge in [-0.25, -0.2) is 0 Å². The van der Waals surface area contributed by atoms with Crippen LogP contribution in [0.5, 0.6) is 0 Å². The van der Waals surface area contributed by atoms with E-state index in [9.17, 15) is 20.1 Å². The van der Waals surface area contributed by atoms with Gasteiger partial charge in [-0.1, -0.05) is 37.6 Å². The van der Waals surface area contributed by atoms with E-state index in [1.165, 1.54) is 0 Å². The summed E-state index contributed by atoms with van der Waals surface area (Å²) >= 11 is 0. The van der Waals surface area contributed by atoms with E-state index >= 15 is 0 Å². The van der Waals surface area contributed by atoms with Gasteiger partial charge in [-0.2, -0.15) is 0 Å². The molecule has 0 saturated heterocycles. The number of carboxylic acids is 1. The van der Waals surface area contributed by atoms with Crippen LogP contribution in [-0.2, 0) is 4.79 Å². The minimum Gasteiger partial charge on any atom is -0.481 e. The van der Waals surface area contributed by atoms with Crippen LogP contribution in [0.4, 0.5) is 0 Å². The highest BCUT2D eigenvalue weighted by Gasteiger charge is 2.39. The number of allylic oxidation sites excluding steroid dienone is 1. The van der Waals surface area contributed by atoms with Gasteiger partial charge in [0.05, 0.1) is 18.3 Å². The monoisotopic (exact) mass is 326 g/mol. The minimum atomic E-state index is -0.809. The van der Waals surface area contributed by atoms with Gasteiger partial charge in [0.25, 0.3) is 0 Å². The van der Waals surface area contributed by atoms with Gasteiger partial charge in [-0.3, -0.25) is 4.79 Å². The van der Waals surface area contributed by atoms with Crippen LogP contribution in [0, 0.1) is 11.8 Å². The van der Waals surface area contributed by atoms with E-state index in [4.69, 9.17) is 5.11 Å². The summed E-state index contributed by atoms with van der Waals surface area (Å²) in [7, 11) is 0. The molecule has 0 aromatic carbocycles. The largest absolute Gasteiger partial charge is 0.481 e. The molecule has 5 atom stereocenters. The number of rotatable bonds is 10. The molecule has 1 rings (SSSR count). The van der Waals surface area contributed by atoms with Crippen LogP contribution in [0.25, 0.3) is 0 Å². The molecule has 0 spiro atoms. The highest BCUT2D eigenvalue weighted by Crippen LogP contribution is 2.37. The number of hydrogen-bond acceptors (Lipinski definition) is 4. The molecule has 0 aromatic heterocycles. The maximum absolute atomic E-state index is 10.5. The lowest BCUT2D eigenvalue weighted by Gasteiger charge is -2.21. The molecule has 5 heteroatoms. The number of carbonyl (C=O) groups is 1. The third-order valence-corrected chi connectivity index (χ3v) is 4.43. The molecule has 0 heterocycles. The Kier molecular flexibility index (Phi) is 9.14. The molecule has 23 heavy (non-hydrogen) atoms. The van der Waals surface area contributed by atoms with Crippen LogP contribution in [-0.4, -0.2) is 44.7 Å². The number of aliphatic hydroxyl groups excluding tert-OH is 3. The van der Waals surface area contributed by atoms with Gasteiger partial charge in [-0.05, 0) is 31.6 Å². The molecule has 0 aromatic rings. The standard InChI is InChI=1S/C18H30O5/c1-2-3-4-7-13(19)10-11-15-14(16(20)12-17(15)21)8-5-6-9-18(22)23/h3-4,10-11,13-17,19-21H,2,5-9,12H2,1H3,(H,22,23)/b4-3-,11-10+/t13-,14+,15-,16-,17+/m1/s1. The summed E-state index contributed by atoms with van der Waals surface area (Å²) in [4.78, 5) is 10.5. The highest BCUT2D eigenvalue weighted by atomic mass is 16.4. The number of hydrogen-bond donors (Lipinski definition) is 4. The predicted octanol–water partition coefficient (Wildman–Crippen LogP) is 2.26. The molecule has 0 aliphatic heterocycles. The summed E-state index contributed by atoms with van der Waals surface area (Å²) in [6.07, 6.45) is 9.59. The van der Waals surface area contributed by atoms with Crippen LogP contribution in [0.3, 0.4) is 0 Å². The van der Waals surface area contributed by atoms with Gasteiger partial charge in [-0.15, -0.1) is 0 Å². The molecule has 5 nitrogen and oxygen atoms in total. The summed E-state index contributed by atoms with van der Waals surface area (Å²) < 4.78 is 0. The van der Waals surface area contributed by atoms with Gasteiger partial charge in [0.1, 0.15) is 0 Å². The zero-order valence-electron chi connectivity index (χ0n) is 13.8. The average Bonchev–Trinajstić information content (AvgIpc) is 2.75. The van der Waals surface area contributed by atoms with Crippen molar-refractivity contribution in [2.24, 2.45) is 11.8 Å². The second kappa shape index (κ2) is 10.6. The molecule has 132 valence electrons. The summed E-state index contributed by atoms with van der Waals surface area (Å²) in [6.45, 7) is 2.03. The van der Waals surface area contributed by atoms with Crippen molar-refractivity contribution in [3.05, 3.63) is 24.3 Å². The maximum Gasteiger partial charge on any atom is 0.303 e. The van der Waals surface area contributed by atoms with Crippen molar-refractivity contribution in [2.75, 3.05) is 0 Å². The quantitative estimate of drug-likeness (QED) is 0.365. The Hall–Kier alpha value is -1.17. The Morgan fingerprint density at radius 2 is 1.96 bits per heavy atom. The molecule has 1 aliphatic carbocycles. The van der Waals surface area contributed by atoms with Crippen molar-refractivity contribution in [1.82, 2.24) is 0 Å². The fraction of sp³-hybridized carbons (Fsp3) is 0.722. The first-order valence-corrected chi connectivity index (χ1v) is 8.55. The van der Waals surface area contributed by atoms with Gasteiger partial charge in [0, 0.05) is 18.8 Å². The fourth-order valence-corrected chi connectivity index (χ4v) is 3.17. The Morgan fingerprint density at radius 1 is 1.22 bits per heavy atom. The van der Waals surface area contributed by atoms with E-state index in [2.05, 4.69) is 0 Å². The lowest BCUT2D eigenvalue weighted by molar-refractivity contribution is -0.137. The number of aliphatic carboxylic acids is 1. The van der Waals surface area contributed by atoms with Crippen molar-refractivity contribution in [3.8, 4) is 0 Å². The molecule has 0 unspecified atom stereocenters. The zero-order chi connectivity index (χ0) is 17.2. The van der Waals surface area contributed by atoms with Gasteiger partial charge in [0.15, 0.2) is 0 Å². The number of unbranched alkanes of at least 4 members (excludes halogenated alkanes) is 1. The minimum absolute atomic E-state index is 0.0755. The van der Waals surface area contributed by atoms with Crippen LogP contribution < -0.4 is 0 Å². The predicted molar refractivity (Wildman–Crippen MR) is 88.9 cm³/mol. The topological polar surface area (TPSA) is 98.0 Å². The van der Waals surface area contributed by atoms with Crippen molar-refractivity contribution in [3.63, 3.8) is 0 Å². The Balaban J connectivity index is 2.51. The SMILES string of the molecule is CC/C=C\C[C@@H](O)/C=C/[C@@H]1[C@H](CCCCC(=O)O)[C@H](O)C[C@@H]1O. The molecule has 1 aliphatic rings. The van der Waals surface area contributed by atoms with Crippen molar-refractivity contribution >= 4 is 5.97 Å². The van der Waals surface area contributed by atoms with E-state index < -0.39 is 24.3 Å². The Morgan fingerprint density at radius 3 is 2.61 bits per heavy atom. The molecular formula is C18H30O5. The first-order chi connectivity index (χ1) is 11.0. The Bertz CT molecular complexity index is 404. The van der Waals surface area contributed by atoms with Gasteiger partial charge in [0.2, 0.25) is 0 Å². The third kappa shape index (κ3) is 7.29. The van der Waals surface area contributed by atoms with E-state index in [0.29, 0.717) is 32.1 Å². The lowest BCUT2D eigenvalue weighted by atomic mass is 9.88. The zero-order valence-corrected chi connectivity index (χ0v) is 13.8. The molecule has 4 N–H and O–H groups in total. The van der Waals surface area contributed by atoms with Crippen LogP contribution >= 0.6 is 0 Å². The average molecular weight is 326 g/mol. The first-order valence-electron chi connectivity index (χ1n) is 8.55. The van der Waals surface area contributed by atoms with E-state index in [-0.39, 0.29) is 18.3 Å². The van der Waals surface area contributed by atoms with Gasteiger partial charge < -0.3 is 20.4 Å². The summed E-state index contributed by atoms with van der Waals surface area (Å²) in [5, 5.41) is 38.7. The smallest absolute Gasteiger partial charge is 0.303 e. The number of aliphatic hydroxyl groups is 3. The highest BCUT2D eigenvalue weighted by molar-refractivity contribution is 5.66. The van der Waals surface area contributed by atoms with Gasteiger partial charge >= 0.3 is 5.97 Å². The summed E-state index contributed by atoms with van der Waals surface area (Å²) in [5.41, 5.74) is 0. The van der Waals surface area contributed by atoms with Crippen molar-refractivity contribution in [1.29, 1.82) is 0 Å². The first kappa shape index (κ1) is 19.9. The molecule has 1 saturated carbocycles. The molecule has 0 bridgehead atoms. The van der Waals surface area contributed by atoms with Crippen LogP contribution in [0.15, 0.2) is 24.3 Å². The number of carboxylic acid groups (broad SMARTS) is 1. The summed E-state index contributed by atoms with van der Waals surface area (Å²) in [5.74, 6) is -1.07. The van der Waals surface area contributed by atoms with E-state index in [1.807, 2.05) is 25.2 Å². The second-order valence-electron chi connectivity index (χ2n) is 6.32. The molecule has 0 amide bonds. The van der Waals surface area contributed by atoms with Crippen LogP contribution in [0.2, 0.25) is 0 Å². The van der Waals surface area contributed by atoms with E-state index in [1.54, 1.807) is 6.08 Å². The second-order valence-corrected chi connectivity index (χ2v) is 6.32. The lowest BCUT2D eigenvalue weighted by Crippen LogP contribution is -2.21. The fourth-order valence-electron chi connectivity index (χ4n) is 3.17. The Labute approximate surface area is 138 Å². The van der Waals surface area contributed by atoms with Crippen molar-refractivity contribution in [2.45, 2.75) is 70.2 Å². The maximum atomic E-state index is 10.5. The summed E-state index contributed by atoms with van der Waals surface area (Å²) in [6, 6.07) is 0.